The fourth-order valence-corrected chi connectivity index (χ4v) is 2.47. The van der Waals surface area contributed by atoms with Crippen LogP contribution < -0.4 is 11.1 Å². The van der Waals surface area contributed by atoms with Gasteiger partial charge in [-0.1, -0.05) is 6.92 Å². The third-order valence-electron chi connectivity index (χ3n) is 3.70. The van der Waals surface area contributed by atoms with Gasteiger partial charge in [-0.3, -0.25) is 4.79 Å². The monoisotopic (exact) mass is 268 g/mol. The van der Waals surface area contributed by atoms with Gasteiger partial charge >= 0.3 is 0 Å². The van der Waals surface area contributed by atoms with Crippen molar-refractivity contribution in [1.82, 2.24) is 0 Å². The molecule has 3 nitrogen and oxygen atoms in total. The number of carbonyl (C=O) groups is 1. The van der Waals surface area contributed by atoms with Crippen LogP contribution in [-0.4, -0.2) is 11.9 Å². The molecule has 0 radical (unpaired) electrons. The van der Waals surface area contributed by atoms with Crippen molar-refractivity contribution in [2.24, 2.45) is 11.7 Å². The lowest BCUT2D eigenvalue weighted by Crippen LogP contribution is -2.26. The van der Waals surface area contributed by atoms with E-state index in [0.29, 0.717) is 12.0 Å². The van der Waals surface area contributed by atoms with E-state index in [-0.39, 0.29) is 17.3 Å². The minimum absolute atomic E-state index is 0.148. The van der Waals surface area contributed by atoms with E-state index in [4.69, 9.17) is 5.73 Å². The Balaban J connectivity index is 2.15. The van der Waals surface area contributed by atoms with E-state index in [1.54, 1.807) is 0 Å². The fourth-order valence-electron chi connectivity index (χ4n) is 2.47. The first kappa shape index (κ1) is 13.8. The predicted octanol–water partition coefficient (Wildman–Crippen LogP) is 3.05. The van der Waals surface area contributed by atoms with Crippen LogP contribution in [0.4, 0.5) is 14.5 Å². The summed E-state index contributed by atoms with van der Waals surface area (Å²) in [6, 6.07) is 2.02. The first-order valence-electron chi connectivity index (χ1n) is 6.52. The van der Waals surface area contributed by atoms with Gasteiger partial charge in [0.1, 0.15) is 11.6 Å². The van der Waals surface area contributed by atoms with Crippen molar-refractivity contribution >= 4 is 11.6 Å². The van der Waals surface area contributed by atoms with E-state index >= 15 is 0 Å². The summed E-state index contributed by atoms with van der Waals surface area (Å²) in [6.45, 7) is 2.19. The summed E-state index contributed by atoms with van der Waals surface area (Å²) in [4.78, 5) is 11.1. The number of hydrogen-bond acceptors (Lipinski definition) is 2. The highest BCUT2D eigenvalue weighted by Crippen LogP contribution is 2.27. The lowest BCUT2D eigenvalue weighted by atomic mass is 9.87. The van der Waals surface area contributed by atoms with Crippen molar-refractivity contribution in [2.75, 3.05) is 5.32 Å². The summed E-state index contributed by atoms with van der Waals surface area (Å²) in [5.74, 6) is -1.82. The third-order valence-corrected chi connectivity index (χ3v) is 3.70. The average Bonchev–Trinajstić information content (AvgIpc) is 2.34. The molecule has 1 aromatic rings. The molecule has 0 heterocycles. The molecule has 1 aliphatic carbocycles. The molecule has 0 saturated heterocycles. The van der Waals surface area contributed by atoms with Crippen LogP contribution in [0.25, 0.3) is 0 Å². The number of hydrogen-bond donors (Lipinski definition) is 2. The zero-order chi connectivity index (χ0) is 14.0. The zero-order valence-electron chi connectivity index (χ0n) is 10.9. The maximum Gasteiger partial charge on any atom is 0.251 e. The van der Waals surface area contributed by atoms with E-state index in [0.717, 1.165) is 31.7 Å². The maximum absolute atomic E-state index is 13.7. The lowest BCUT2D eigenvalue weighted by Gasteiger charge is -2.28. The first-order chi connectivity index (χ1) is 8.97. The molecular formula is C14H18F2N2O. The topological polar surface area (TPSA) is 55.1 Å². The summed E-state index contributed by atoms with van der Waals surface area (Å²) in [6.07, 6.45) is 4.07. The molecule has 3 N–H and O–H groups in total. The Labute approximate surface area is 111 Å². The van der Waals surface area contributed by atoms with Crippen LogP contribution in [0.1, 0.15) is 43.0 Å². The summed E-state index contributed by atoms with van der Waals surface area (Å²) in [5.41, 5.74) is 4.92. The van der Waals surface area contributed by atoms with Gasteiger partial charge in [0.2, 0.25) is 0 Å². The Morgan fingerprint density at radius 1 is 1.21 bits per heavy atom. The summed E-state index contributed by atoms with van der Waals surface area (Å²) >= 11 is 0. The van der Waals surface area contributed by atoms with Crippen molar-refractivity contribution < 1.29 is 13.6 Å². The van der Waals surface area contributed by atoms with Gasteiger partial charge in [-0.25, -0.2) is 8.78 Å². The summed E-state index contributed by atoms with van der Waals surface area (Å²) in [5, 5.41) is 3.04. The SMILES string of the molecule is CC1CCC(Nc2cc(C(N)=O)c(F)cc2F)CC1. The molecule has 0 aromatic heterocycles. The van der Waals surface area contributed by atoms with Gasteiger partial charge in [-0.15, -0.1) is 0 Å². The van der Waals surface area contributed by atoms with Crippen LogP contribution >= 0.6 is 0 Å². The van der Waals surface area contributed by atoms with E-state index in [2.05, 4.69) is 12.2 Å². The fraction of sp³-hybridized carbons (Fsp3) is 0.500. The van der Waals surface area contributed by atoms with E-state index in [1.165, 1.54) is 0 Å². The number of rotatable bonds is 3. The largest absolute Gasteiger partial charge is 0.380 e. The number of carbonyl (C=O) groups excluding carboxylic acids is 1. The minimum atomic E-state index is -0.923. The number of halogens is 2. The van der Waals surface area contributed by atoms with Crippen LogP contribution in [-0.2, 0) is 0 Å². The number of nitrogens with two attached hydrogens (primary N) is 1. The van der Waals surface area contributed by atoms with Gasteiger partial charge in [0.05, 0.1) is 11.3 Å². The number of nitrogens with one attached hydrogen (secondary N) is 1. The summed E-state index contributed by atoms with van der Waals surface area (Å²) in [7, 11) is 0. The Morgan fingerprint density at radius 2 is 1.84 bits per heavy atom. The Kier molecular flexibility index (Phi) is 4.02. The molecule has 0 bridgehead atoms. The van der Waals surface area contributed by atoms with Crippen LogP contribution in [0, 0.1) is 17.6 Å². The van der Waals surface area contributed by atoms with Gasteiger partial charge in [-0.2, -0.15) is 0 Å². The van der Waals surface area contributed by atoms with Crippen molar-refractivity contribution in [3.8, 4) is 0 Å². The highest BCUT2D eigenvalue weighted by atomic mass is 19.1. The molecule has 5 heteroatoms. The van der Waals surface area contributed by atoms with Gasteiger partial charge in [0.15, 0.2) is 0 Å². The van der Waals surface area contributed by atoms with Crippen LogP contribution in [0.5, 0.6) is 0 Å². The molecule has 1 saturated carbocycles. The van der Waals surface area contributed by atoms with Gasteiger partial charge in [0.25, 0.3) is 5.91 Å². The number of anilines is 1. The molecule has 0 unspecified atom stereocenters. The quantitative estimate of drug-likeness (QED) is 0.885. The van der Waals surface area contributed by atoms with E-state index in [9.17, 15) is 13.6 Å². The molecule has 1 aliphatic rings. The molecule has 19 heavy (non-hydrogen) atoms. The molecule has 1 amide bonds. The third kappa shape index (κ3) is 3.22. The van der Waals surface area contributed by atoms with Gasteiger partial charge < -0.3 is 11.1 Å². The lowest BCUT2D eigenvalue weighted by molar-refractivity contribution is 0.0996. The van der Waals surface area contributed by atoms with Crippen molar-refractivity contribution in [1.29, 1.82) is 0 Å². The standard InChI is InChI=1S/C14H18F2N2O/c1-8-2-4-9(5-3-8)18-13-6-10(14(17)19)11(15)7-12(13)16/h6-9,18H,2-5H2,1H3,(H2,17,19). The van der Waals surface area contributed by atoms with Crippen molar-refractivity contribution in [3.05, 3.63) is 29.3 Å². The molecule has 0 atom stereocenters. The number of benzene rings is 1. The maximum atomic E-state index is 13.7. The Hall–Kier alpha value is -1.65. The number of amides is 1. The molecule has 2 rings (SSSR count). The second kappa shape index (κ2) is 5.55. The Bertz CT molecular complexity index is 483. The normalized spacial score (nSPS) is 23.1. The minimum Gasteiger partial charge on any atom is -0.380 e. The molecule has 104 valence electrons. The van der Waals surface area contributed by atoms with E-state index < -0.39 is 17.5 Å². The average molecular weight is 268 g/mol. The molecule has 0 spiro atoms. The molecule has 1 aromatic carbocycles. The first-order valence-corrected chi connectivity index (χ1v) is 6.52. The molecular weight excluding hydrogens is 250 g/mol. The highest BCUT2D eigenvalue weighted by Gasteiger charge is 2.20. The number of primary amides is 1. The summed E-state index contributed by atoms with van der Waals surface area (Å²) < 4.78 is 27.0. The van der Waals surface area contributed by atoms with Crippen LogP contribution in [0.3, 0.4) is 0 Å². The zero-order valence-corrected chi connectivity index (χ0v) is 10.9. The van der Waals surface area contributed by atoms with E-state index in [1.807, 2.05) is 0 Å². The van der Waals surface area contributed by atoms with Crippen LogP contribution in [0.15, 0.2) is 12.1 Å². The Morgan fingerprint density at radius 3 is 2.42 bits per heavy atom. The highest BCUT2D eigenvalue weighted by molar-refractivity contribution is 5.94. The predicted molar refractivity (Wildman–Crippen MR) is 69.9 cm³/mol. The van der Waals surface area contributed by atoms with Gasteiger partial charge in [-0.05, 0) is 37.7 Å². The van der Waals surface area contributed by atoms with Gasteiger partial charge in [0, 0.05) is 12.1 Å². The second-order valence-electron chi connectivity index (χ2n) is 5.28. The molecule has 1 fully saturated rings. The van der Waals surface area contributed by atoms with Crippen molar-refractivity contribution in [2.45, 2.75) is 38.6 Å². The van der Waals surface area contributed by atoms with Crippen molar-refractivity contribution in [3.63, 3.8) is 0 Å². The van der Waals surface area contributed by atoms with Crippen LogP contribution in [0.2, 0.25) is 0 Å². The second-order valence-corrected chi connectivity index (χ2v) is 5.28. The smallest absolute Gasteiger partial charge is 0.251 e. The molecule has 0 aliphatic heterocycles.